The molecule has 0 aliphatic heterocycles. The van der Waals surface area contributed by atoms with Crippen molar-refractivity contribution in [3.8, 4) is 5.75 Å². The molecule has 0 atom stereocenters. The van der Waals surface area contributed by atoms with Crippen molar-refractivity contribution in [2.45, 2.75) is 6.61 Å². The van der Waals surface area contributed by atoms with Gasteiger partial charge in [-0.25, -0.2) is 5.30 Å². The van der Waals surface area contributed by atoms with E-state index < -0.39 is 0 Å². The Morgan fingerprint density at radius 2 is 1.53 bits per heavy atom. The fourth-order valence-corrected chi connectivity index (χ4v) is 1.46. The van der Waals surface area contributed by atoms with E-state index in [9.17, 15) is 0 Å². The van der Waals surface area contributed by atoms with Gasteiger partial charge in [-0.15, -0.1) is 0 Å². The first kappa shape index (κ1) is 10.2. The van der Waals surface area contributed by atoms with Crippen LogP contribution in [0, 0.1) is 0 Å². The number of ether oxygens (including phenoxy) is 1. The predicted octanol–water partition coefficient (Wildman–Crippen LogP) is 3.03. The van der Waals surface area contributed by atoms with E-state index in [0.717, 1.165) is 11.1 Å². The summed E-state index contributed by atoms with van der Waals surface area (Å²) in [5.74, 6) is 0.890. The molecule has 76 valence electrons. The molecule has 2 aromatic carbocycles. The monoisotopic (exact) mass is 215 g/mol. The molecule has 0 aromatic heterocycles. The summed E-state index contributed by atoms with van der Waals surface area (Å²) in [6.45, 7) is 0.613. The van der Waals surface area contributed by atoms with Crippen LogP contribution in [0.25, 0.3) is 0 Å². The number of benzene rings is 2. The number of hydrogen-bond donors (Lipinski definition) is 0. The van der Waals surface area contributed by atoms with Crippen LogP contribution in [0.2, 0.25) is 0 Å². The average Bonchev–Trinajstić information content (AvgIpc) is 2.30. The predicted molar refractivity (Wildman–Crippen MR) is 65.2 cm³/mol. The molecule has 0 unspecified atom stereocenters. The molecule has 0 radical (unpaired) electrons. The summed E-state index contributed by atoms with van der Waals surface area (Å²) in [7, 11) is 3.43. The second-order valence-electron chi connectivity index (χ2n) is 3.30. The van der Waals surface area contributed by atoms with E-state index in [-0.39, 0.29) is 0 Å². The van der Waals surface area contributed by atoms with Gasteiger partial charge in [0, 0.05) is 0 Å². The molecule has 0 bridgehead atoms. The third kappa shape index (κ3) is 3.07. The molecule has 0 saturated heterocycles. The van der Waals surface area contributed by atoms with Gasteiger partial charge in [0.05, 0.1) is 0 Å². The van der Waals surface area contributed by atoms with Gasteiger partial charge in [-0.2, -0.15) is 0 Å². The summed E-state index contributed by atoms with van der Waals surface area (Å²) in [5.41, 5.74) is 1.18. The van der Waals surface area contributed by atoms with Crippen molar-refractivity contribution in [3.63, 3.8) is 0 Å². The van der Waals surface area contributed by atoms with E-state index >= 15 is 0 Å². The first-order chi connectivity index (χ1) is 7.34. The molecular weight excluding hydrogens is 203 g/mol. The summed E-state index contributed by atoms with van der Waals surface area (Å²) in [6, 6.07) is 18.0. The SMILES string of the molecule is [PH-]c1ccc(OCc2ccccc2)cc1. The van der Waals surface area contributed by atoms with E-state index in [0.29, 0.717) is 6.61 Å². The fraction of sp³-hybridized carbons (Fsp3) is 0.0769. The molecule has 0 saturated carbocycles. The molecule has 0 aliphatic rings. The number of hydrogen-bond acceptors (Lipinski definition) is 1. The van der Waals surface area contributed by atoms with Crippen molar-refractivity contribution in [2.24, 2.45) is 0 Å². The van der Waals surface area contributed by atoms with Gasteiger partial charge in [-0.1, -0.05) is 42.5 Å². The van der Waals surface area contributed by atoms with Gasteiger partial charge in [0.1, 0.15) is 12.4 Å². The van der Waals surface area contributed by atoms with Gasteiger partial charge in [0.25, 0.3) is 0 Å². The summed E-state index contributed by atoms with van der Waals surface area (Å²) in [4.78, 5) is 0. The molecule has 1 nitrogen and oxygen atoms in total. The van der Waals surface area contributed by atoms with Gasteiger partial charge in [0.15, 0.2) is 0 Å². The summed E-state index contributed by atoms with van der Waals surface area (Å²) < 4.78 is 5.63. The van der Waals surface area contributed by atoms with E-state index in [1.165, 1.54) is 5.56 Å². The minimum absolute atomic E-state index is 0.613. The first-order valence-corrected chi connectivity index (χ1v) is 5.33. The Bertz CT molecular complexity index is 408. The molecule has 2 heteroatoms. The van der Waals surface area contributed by atoms with Crippen LogP contribution < -0.4 is 10.0 Å². The second kappa shape index (κ2) is 4.95. The van der Waals surface area contributed by atoms with Crippen LogP contribution in [-0.4, -0.2) is 0 Å². The Kier molecular flexibility index (Phi) is 3.37. The zero-order valence-electron chi connectivity index (χ0n) is 8.31. The molecule has 0 spiro atoms. The van der Waals surface area contributed by atoms with Gasteiger partial charge in [-0.3, -0.25) is 0 Å². The van der Waals surface area contributed by atoms with Crippen molar-refractivity contribution in [3.05, 3.63) is 60.2 Å². The van der Waals surface area contributed by atoms with Gasteiger partial charge < -0.3 is 14.0 Å². The molecule has 0 amide bonds. The van der Waals surface area contributed by atoms with Gasteiger partial charge >= 0.3 is 0 Å². The smallest absolute Gasteiger partial charge is 0.119 e. The lowest BCUT2D eigenvalue weighted by atomic mass is 10.2. The Hall–Kier alpha value is -1.33. The van der Waals surface area contributed by atoms with Crippen LogP contribution in [0.1, 0.15) is 5.56 Å². The molecule has 0 heterocycles. The zero-order valence-corrected chi connectivity index (χ0v) is 9.31. The average molecular weight is 215 g/mol. The maximum absolute atomic E-state index is 5.63. The minimum Gasteiger partial charge on any atom is -0.525 e. The van der Waals surface area contributed by atoms with E-state index in [1.807, 2.05) is 42.5 Å². The zero-order chi connectivity index (χ0) is 10.5. The standard InChI is InChI=1S/C13H12OP/c15-13-8-6-12(7-9-13)14-10-11-4-2-1-3-5-11/h1-9,15H,10H2/q-1. The van der Waals surface area contributed by atoms with Gasteiger partial charge in [0.2, 0.25) is 0 Å². The van der Waals surface area contributed by atoms with Crippen molar-refractivity contribution >= 4 is 14.5 Å². The Labute approximate surface area is 92.3 Å². The quantitative estimate of drug-likeness (QED) is 0.715. The lowest BCUT2D eigenvalue weighted by molar-refractivity contribution is 0.306. The topological polar surface area (TPSA) is 9.23 Å². The second-order valence-corrected chi connectivity index (χ2v) is 3.88. The molecule has 0 aliphatic carbocycles. The maximum atomic E-state index is 5.63. The van der Waals surface area contributed by atoms with Crippen LogP contribution in [0.4, 0.5) is 0 Å². The van der Waals surface area contributed by atoms with Crippen molar-refractivity contribution < 1.29 is 4.74 Å². The van der Waals surface area contributed by atoms with E-state index in [1.54, 1.807) is 0 Å². The van der Waals surface area contributed by atoms with E-state index in [2.05, 4.69) is 21.4 Å². The third-order valence-electron chi connectivity index (χ3n) is 2.10. The first-order valence-electron chi connectivity index (χ1n) is 4.83. The Balaban J connectivity index is 1.96. The Morgan fingerprint density at radius 3 is 2.20 bits per heavy atom. The highest BCUT2D eigenvalue weighted by molar-refractivity contribution is 7.27. The highest BCUT2D eigenvalue weighted by Gasteiger charge is 1.93. The summed E-state index contributed by atoms with van der Waals surface area (Å²) in [5, 5.41) is 1.06. The molecule has 15 heavy (non-hydrogen) atoms. The molecule has 2 aromatic rings. The normalized spacial score (nSPS) is 9.93. The highest BCUT2D eigenvalue weighted by atomic mass is 31.0. The molecule has 2 rings (SSSR count). The minimum atomic E-state index is 0.613. The van der Waals surface area contributed by atoms with Crippen LogP contribution in [0.3, 0.4) is 0 Å². The number of rotatable bonds is 3. The van der Waals surface area contributed by atoms with E-state index in [4.69, 9.17) is 4.74 Å². The van der Waals surface area contributed by atoms with Gasteiger partial charge in [-0.05, 0) is 17.7 Å². The van der Waals surface area contributed by atoms with Crippen LogP contribution in [-0.2, 0) is 6.61 Å². The summed E-state index contributed by atoms with van der Waals surface area (Å²) in [6.07, 6.45) is 0. The molecule has 0 fully saturated rings. The highest BCUT2D eigenvalue weighted by Crippen LogP contribution is 2.11. The lowest BCUT2D eigenvalue weighted by Gasteiger charge is -2.08. The maximum Gasteiger partial charge on any atom is 0.119 e. The third-order valence-corrected chi connectivity index (χ3v) is 2.44. The molecule has 0 N–H and O–H groups in total. The fourth-order valence-electron chi connectivity index (χ4n) is 1.29. The van der Waals surface area contributed by atoms with Crippen molar-refractivity contribution in [2.75, 3.05) is 0 Å². The largest absolute Gasteiger partial charge is 0.525 e. The van der Waals surface area contributed by atoms with Crippen LogP contribution in [0.15, 0.2) is 54.6 Å². The lowest BCUT2D eigenvalue weighted by Crippen LogP contribution is -1.96. The van der Waals surface area contributed by atoms with Crippen molar-refractivity contribution in [1.82, 2.24) is 0 Å². The molecular formula is C13H12OP-. The Morgan fingerprint density at radius 1 is 0.867 bits per heavy atom. The van der Waals surface area contributed by atoms with Crippen LogP contribution in [0.5, 0.6) is 5.75 Å². The van der Waals surface area contributed by atoms with Crippen LogP contribution >= 0.6 is 9.24 Å². The summed E-state index contributed by atoms with van der Waals surface area (Å²) >= 11 is 0. The van der Waals surface area contributed by atoms with Crippen molar-refractivity contribution in [1.29, 1.82) is 0 Å².